The van der Waals surface area contributed by atoms with Crippen molar-refractivity contribution in [1.82, 2.24) is 5.32 Å². The van der Waals surface area contributed by atoms with Crippen LogP contribution in [0.1, 0.15) is 19.8 Å². The molecular formula is C6H11N. The SMILES string of the molecule is C=C(C)NC1CC1. The summed E-state index contributed by atoms with van der Waals surface area (Å²) in [6.45, 7) is 5.72. The molecule has 1 heteroatoms. The Morgan fingerprint density at radius 2 is 2.29 bits per heavy atom. The highest BCUT2D eigenvalue weighted by atomic mass is 14.9. The molecule has 0 aromatic heterocycles. The lowest BCUT2D eigenvalue weighted by Crippen LogP contribution is -2.11. The van der Waals surface area contributed by atoms with Gasteiger partial charge in [0, 0.05) is 11.7 Å². The first-order valence-electron chi connectivity index (χ1n) is 2.71. The predicted octanol–water partition coefficient (Wildman–Crippen LogP) is 1.27. The Morgan fingerprint density at radius 1 is 1.71 bits per heavy atom. The van der Waals surface area contributed by atoms with E-state index in [2.05, 4.69) is 11.9 Å². The van der Waals surface area contributed by atoms with Gasteiger partial charge in [0.05, 0.1) is 0 Å². The molecule has 0 atom stereocenters. The van der Waals surface area contributed by atoms with Gasteiger partial charge in [0.1, 0.15) is 0 Å². The minimum Gasteiger partial charge on any atom is -0.386 e. The summed E-state index contributed by atoms with van der Waals surface area (Å²) in [6, 6.07) is 0.775. The molecule has 0 amide bonds. The molecule has 0 aromatic carbocycles. The van der Waals surface area contributed by atoms with Crippen LogP contribution in [0.15, 0.2) is 12.3 Å². The van der Waals surface area contributed by atoms with Crippen LogP contribution < -0.4 is 5.32 Å². The smallest absolute Gasteiger partial charge is 0.0259 e. The van der Waals surface area contributed by atoms with Gasteiger partial charge in [0.2, 0.25) is 0 Å². The van der Waals surface area contributed by atoms with Crippen LogP contribution in [0.4, 0.5) is 0 Å². The largest absolute Gasteiger partial charge is 0.386 e. The molecular weight excluding hydrogens is 86.1 g/mol. The lowest BCUT2D eigenvalue weighted by atomic mass is 10.5. The minimum absolute atomic E-state index is 0.775. The number of rotatable bonds is 2. The highest BCUT2D eigenvalue weighted by Crippen LogP contribution is 2.19. The maximum atomic E-state index is 3.72. The van der Waals surface area contributed by atoms with Gasteiger partial charge in [-0.1, -0.05) is 6.58 Å². The molecule has 0 radical (unpaired) electrons. The fourth-order valence-electron chi connectivity index (χ4n) is 0.576. The van der Waals surface area contributed by atoms with Crippen molar-refractivity contribution in [3.63, 3.8) is 0 Å². The van der Waals surface area contributed by atoms with E-state index in [-0.39, 0.29) is 0 Å². The molecule has 1 rings (SSSR count). The normalized spacial score (nSPS) is 19.0. The maximum absolute atomic E-state index is 3.72. The molecule has 40 valence electrons. The van der Waals surface area contributed by atoms with E-state index in [4.69, 9.17) is 0 Å². The van der Waals surface area contributed by atoms with Gasteiger partial charge in [0.15, 0.2) is 0 Å². The van der Waals surface area contributed by atoms with E-state index < -0.39 is 0 Å². The first-order valence-corrected chi connectivity index (χ1v) is 2.71. The van der Waals surface area contributed by atoms with Crippen molar-refractivity contribution >= 4 is 0 Å². The molecule has 0 aromatic rings. The number of allylic oxidation sites excluding steroid dienone is 1. The quantitative estimate of drug-likeness (QED) is 0.547. The van der Waals surface area contributed by atoms with Crippen LogP contribution in [0, 0.1) is 0 Å². The second-order valence-electron chi connectivity index (χ2n) is 2.20. The van der Waals surface area contributed by atoms with E-state index in [0.29, 0.717) is 0 Å². The Hall–Kier alpha value is -0.460. The van der Waals surface area contributed by atoms with Crippen LogP contribution in [0.5, 0.6) is 0 Å². The zero-order valence-electron chi connectivity index (χ0n) is 4.70. The first-order chi connectivity index (χ1) is 3.29. The molecule has 1 N–H and O–H groups in total. The third kappa shape index (κ3) is 1.62. The monoisotopic (exact) mass is 97.1 g/mol. The third-order valence-corrected chi connectivity index (χ3v) is 1.03. The van der Waals surface area contributed by atoms with Crippen LogP contribution in [-0.2, 0) is 0 Å². The lowest BCUT2D eigenvalue weighted by molar-refractivity contribution is 0.809. The average Bonchev–Trinajstić information content (AvgIpc) is 2.17. The Labute approximate surface area is 44.4 Å². The van der Waals surface area contributed by atoms with Crippen LogP contribution in [0.2, 0.25) is 0 Å². The Balaban J connectivity index is 2.08. The second kappa shape index (κ2) is 1.57. The van der Waals surface area contributed by atoms with Crippen molar-refractivity contribution in [2.45, 2.75) is 25.8 Å². The minimum atomic E-state index is 0.775. The Bertz CT molecular complexity index is 82.2. The summed E-state index contributed by atoms with van der Waals surface area (Å²) in [5.41, 5.74) is 1.10. The maximum Gasteiger partial charge on any atom is 0.0259 e. The van der Waals surface area contributed by atoms with Gasteiger partial charge in [-0.05, 0) is 19.8 Å². The van der Waals surface area contributed by atoms with Crippen molar-refractivity contribution in [2.24, 2.45) is 0 Å². The fourth-order valence-corrected chi connectivity index (χ4v) is 0.576. The summed E-state index contributed by atoms with van der Waals surface area (Å²) in [7, 11) is 0. The predicted molar refractivity (Wildman–Crippen MR) is 31.0 cm³/mol. The van der Waals surface area contributed by atoms with Gasteiger partial charge in [-0.25, -0.2) is 0 Å². The van der Waals surface area contributed by atoms with Gasteiger partial charge in [-0.3, -0.25) is 0 Å². The van der Waals surface area contributed by atoms with Crippen LogP contribution in [0.3, 0.4) is 0 Å². The van der Waals surface area contributed by atoms with E-state index in [1.165, 1.54) is 12.8 Å². The van der Waals surface area contributed by atoms with Crippen LogP contribution in [-0.4, -0.2) is 6.04 Å². The summed E-state index contributed by atoms with van der Waals surface area (Å²) >= 11 is 0. The molecule has 0 heterocycles. The Kier molecular flexibility index (Phi) is 1.05. The second-order valence-corrected chi connectivity index (χ2v) is 2.20. The summed E-state index contributed by atoms with van der Waals surface area (Å²) in [4.78, 5) is 0. The summed E-state index contributed by atoms with van der Waals surface area (Å²) in [5, 5.41) is 3.22. The standard InChI is InChI=1S/C6H11N/c1-5(2)7-6-3-4-6/h6-7H,1,3-4H2,2H3. The molecule has 0 aliphatic heterocycles. The molecule has 0 spiro atoms. The lowest BCUT2D eigenvalue weighted by Gasteiger charge is -1.97. The van der Waals surface area contributed by atoms with Crippen molar-refractivity contribution in [3.05, 3.63) is 12.3 Å². The molecule has 7 heavy (non-hydrogen) atoms. The molecule has 1 saturated carbocycles. The zero-order valence-corrected chi connectivity index (χ0v) is 4.70. The average molecular weight is 97.2 g/mol. The van der Waals surface area contributed by atoms with E-state index in [9.17, 15) is 0 Å². The van der Waals surface area contributed by atoms with E-state index >= 15 is 0 Å². The van der Waals surface area contributed by atoms with Crippen molar-refractivity contribution in [1.29, 1.82) is 0 Å². The molecule has 0 saturated heterocycles. The Morgan fingerprint density at radius 3 is 2.43 bits per heavy atom. The van der Waals surface area contributed by atoms with Crippen molar-refractivity contribution < 1.29 is 0 Å². The van der Waals surface area contributed by atoms with Gasteiger partial charge >= 0.3 is 0 Å². The van der Waals surface area contributed by atoms with Crippen LogP contribution in [0.25, 0.3) is 0 Å². The van der Waals surface area contributed by atoms with Crippen molar-refractivity contribution in [3.8, 4) is 0 Å². The first kappa shape index (κ1) is 4.69. The topological polar surface area (TPSA) is 12.0 Å². The summed E-state index contributed by atoms with van der Waals surface area (Å²) in [6.07, 6.45) is 2.68. The van der Waals surface area contributed by atoms with Crippen LogP contribution >= 0.6 is 0 Å². The fraction of sp³-hybridized carbons (Fsp3) is 0.667. The molecule has 1 aliphatic rings. The molecule has 1 aliphatic carbocycles. The van der Waals surface area contributed by atoms with Gasteiger partial charge in [-0.15, -0.1) is 0 Å². The number of hydrogen-bond donors (Lipinski definition) is 1. The summed E-state index contributed by atoms with van der Waals surface area (Å²) in [5.74, 6) is 0. The van der Waals surface area contributed by atoms with E-state index in [1.54, 1.807) is 0 Å². The highest BCUT2D eigenvalue weighted by molar-refractivity contribution is 4.94. The third-order valence-electron chi connectivity index (χ3n) is 1.03. The molecule has 0 unspecified atom stereocenters. The van der Waals surface area contributed by atoms with Crippen molar-refractivity contribution in [2.75, 3.05) is 0 Å². The highest BCUT2D eigenvalue weighted by Gasteiger charge is 2.19. The van der Waals surface area contributed by atoms with E-state index in [1.807, 2.05) is 6.92 Å². The zero-order chi connectivity index (χ0) is 5.28. The molecule has 1 fully saturated rings. The molecule has 1 nitrogen and oxygen atoms in total. The number of nitrogens with one attached hydrogen (secondary N) is 1. The number of hydrogen-bond acceptors (Lipinski definition) is 1. The van der Waals surface area contributed by atoms with Gasteiger partial charge in [0.25, 0.3) is 0 Å². The molecule has 0 bridgehead atoms. The van der Waals surface area contributed by atoms with E-state index in [0.717, 1.165) is 11.7 Å². The van der Waals surface area contributed by atoms with Gasteiger partial charge in [-0.2, -0.15) is 0 Å². The summed E-state index contributed by atoms with van der Waals surface area (Å²) < 4.78 is 0. The van der Waals surface area contributed by atoms with Gasteiger partial charge < -0.3 is 5.32 Å².